The van der Waals surface area contributed by atoms with E-state index >= 15 is 0 Å². The summed E-state index contributed by atoms with van der Waals surface area (Å²) in [6, 6.07) is 7.25. The number of rotatable bonds is 2. The lowest BCUT2D eigenvalue weighted by Crippen LogP contribution is -2.60. The van der Waals surface area contributed by atoms with Gasteiger partial charge in [0.1, 0.15) is 0 Å². The molecule has 2 amide bonds. The maximum Gasteiger partial charge on any atom is 0.407 e. The van der Waals surface area contributed by atoms with E-state index in [4.69, 9.17) is 5.11 Å². The summed E-state index contributed by atoms with van der Waals surface area (Å²) >= 11 is 0. The third-order valence-electron chi connectivity index (χ3n) is 2.88. The van der Waals surface area contributed by atoms with Crippen molar-refractivity contribution in [3.8, 4) is 0 Å². The van der Waals surface area contributed by atoms with Gasteiger partial charge in [0.05, 0.1) is 6.04 Å². The van der Waals surface area contributed by atoms with E-state index in [1.807, 2.05) is 25.1 Å². The Hall–Kier alpha value is -2.04. The van der Waals surface area contributed by atoms with Crippen LogP contribution in [0.25, 0.3) is 0 Å². The summed E-state index contributed by atoms with van der Waals surface area (Å²) in [5, 5.41) is 11.5. The van der Waals surface area contributed by atoms with Crippen LogP contribution in [0.2, 0.25) is 0 Å². The van der Waals surface area contributed by atoms with Gasteiger partial charge in [-0.15, -0.1) is 0 Å². The monoisotopic (exact) mass is 234 g/mol. The zero-order valence-electron chi connectivity index (χ0n) is 9.51. The summed E-state index contributed by atoms with van der Waals surface area (Å²) in [6.07, 6.45) is -0.939. The van der Waals surface area contributed by atoms with Crippen LogP contribution in [-0.4, -0.2) is 41.1 Å². The minimum atomic E-state index is -0.939. The molecule has 0 radical (unpaired) electrons. The maximum absolute atomic E-state index is 11.9. The molecule has 1 aliphatic heterocycles. The van der Waals surface area contributed by atoms with Crippen molar-refractivity contribution in [2.45, 2.75) is 13.0 Å². The smallest absolute Gasteiger partial charge is 0.407 e. The van der Waals surface area contributed by atoms with Crippen molar-refractivity contribution in [2.75, 3.05) is 13.1 Å². The van der Waals surface area contributed by atoms with Crippen molar-refractivity contribution in [1.29, 1.82) is 0 Å². The molecule has 1 aromatic rings. The summed E-state index contributed by atoms with van der Waals surface area (Å²) in [7, 11) is 0. The van der Waals surface area contributed by atoms with Crippen molar-refractivity contribution in [1.82, 2.24) is 10.2 Å². The number of amides is 2. The highest BCUT2D eigenvalue weighted by Gasteiger charge is 2.31. The zero-order chi connectivity index (χ0) is 12.4. The number of nitrogens with one attached hydrogen (secondary N) is 1. The second kappa shape index (κ2) is 4.45. The summed E-state index contributed by atoms with van der Waals surface area (Å²) < 4.78 is 0. The molecule has 2 rings (SSSR count). The summed E-state index contributed by atoms with van der Waals surface area (Å²) in [6.45, 7) is 2.61. The van der Waals surface area contributed by atoms with E-state index in [1.165, 1.54) is 4.90 Å². The van der Waals surface area contributed by atoms with Gasteiger partial charge in [0, 0.05) is 18.7 Å². The zero-order valence-corrected chi connectivity index (χ0v) is 9.51. The van der Waals surface area contributed by atoms with E-state index < -0.39 is 6.09 Å². The molecular weight excluding hydrogens is 220 g/mol. The Kier molecular flexibility index (Phi) is 2.99. The van der Waals surface area contributed by atoms with E-state index in [9.17, 15) is 9.59 Å². The van der Waals surface area contributed by atoms with Crippen LogP contribution in [0.3, 0.4) is 0 Å². The van der Waals surface area contributed by atoms with Gasteiger partial charge in [-0.05, 0) is 18.6 Å². The average molecular weight is 234 g/mol. The Balaban J connectivity index is 1.92. The van der Waals surface area contributed by atoms with E-state index in [0.29, 0.717) is 18.7 Å². The molecular formula is C12H14N2O3. The Morgan fingerprint density at radius 2 is 2.00 bits per heavy atom. The minimum absolute atomic E-state index is 0.0711. The van der Waals surface area contributed by atoms with E-state index in [0.717, 1.165) is 5.56 Å². The van der Waals surface area contributed by atoms with Crippen LogP contribution in [0, 0.1) is 6.92 Å². The predicted molar refractivity (Wildman–Crippen MR) is 62.0 cm³/mol. The number of carboxylic acid groups (broad SMARTS) is 1. The molecule has 5 nitrogen and oxygen atoms in total. The number of hydrogen-bond donors (Lipinski definition) is 2. The van der Waals surface area contributed by atoms with E-state index in [1.54, 1.807) is 6.07 Å². The van der Waals surface area contributed by atoms with Crippen LogP contribution in [0.4, 0.5) is 4.79 Å². The Morgan fingerprint density at radius 3 is 2.59 bits per heavy atom. The molecule has 5 heteroatoms. The van der Waals surface area contributed by atoms with Crippen molar-refractivity contribution >= 4 is 12.0 Å². The first-order valence-corrected chi connectivity index (χ1v) is 5.42. The Morgan fingerprint density at radius 1 is 1.35 bits per heavy atom. The molecule has 1 fully saturated rings. The van der Waals surface area contributed by atoms with E-state index in [-0.39, 0.29) is 11.9 Å². The van der Waals surface area contributed by atoms with Crippen LogP contribution in [0.1, 0.15) is 15.9 Å². The molecule has 1 aromatic carbocycles. The Bertz CT molecular complexity index is 453. The average Bonchev–Trinajstić information content (AvgIpc) is 2.22. The highest BCUT2D eigenvalue weighted by molar-refractivity contribution is 5.95. The van der Waals surface area contributed by atoms with Gasteiger partial charge in [0.15, 0.2) is 0 Å². The van der Waals surface area contributed by atoms with Crippen LogP contribution < -0.4 is 5.32 Å². The summed E-state index contributed by atoms with van der Waals surface area (Å²) in [4.78, 5) is 23.7. The number of carbonyl (C=O) groups is 2. The second-order valence-electron chi connectivity index (χ2n) is 4.17. The normalized spacial score (nSPS) is 15.2. The van der Waals surface area contributed by atoms with Crippen molar-refractivity contribution in [3.05, 3.63) is 35.4 Å². The quantitative estimate of drug-likeness (QED) is 0.804. The van der Waals surface area contributed by atoms with Gasteiger partial charge in [0.25, 0.3) is 5.91 Å². The number of hydrogen-bond acceptors (Lipinski definition) is 2. The lowest BCUT2D eigenvalue weighted by Gasteiger charge is -2.37. The topological polar surface area (TPSA) is 69.6 Å². The SMILES string of the molecule is Cc1ccccc1C(=O)NC1CN(C(=O)O)C1. The highest BCUT2D eigenvalue weighted by atomic mass is 16.4. The molecule has 2 N–H and O–H groups in total. The first kappa shape index (κ1) is 11.4. The molecule has 17 heavy (non-hydrogen) atoms. The Labute approximate surface area is 99.0 Å². The summed E-state index contributed by atoms with van der Waals surface area (Å²) in [5.74, 6) is -0.141. The third kappa shape index (κ3) is 2.38. The van der Waals surface area contributed by atoms with Gasteiger partial charge in [0.2, 0.25) is 0 Å². The third-order valence-corrected chi connectivity index (χ3v) is 2.88. The molecule has 0 aromatic heterocycles. The first-order chi connectivity index (χ1) is 8.08. The number of carbonyl (C=O) groups excluding carboxylic acids is 1. The molecule has 0 atom stereocenters. The largest absolute Gasteiger partial charge is 0.465 e. The van der Waals surface area contributed by atoms with Crippen molar-refractivity contribution in [3.63, 3.8) is 0 Å². The fourth-order valence-corrected chi connectivity index (χ4v) is 1.82. The van der Waals surface area contributed by atoms with Gasteiger partial charge < -0.3 is 15.3 Å². The summed E-state index contributed by atoms with van der Waals surface area (Å²) in [5.41, 5.74) is 1.56. The van der Waals surface area contributed by atoms with Gasteiger partial charge >= 0.3 is 6.09 Å². The number of nitrogens with zero attached hydrogens (tertiary/aromatic N) is 1. The van der Waals surface area contributed by atoms with Crippen LogP contribution in [0.15, 0.2) is 24.3 Å². The van der Waals surface area contributed by atoms with Crippen molar-refractivity contribution in [2.24, 2.45) is 0 Å². The lowest BCUT2D eigenvalue weighted by molar-refractivity contribution is 0.0767. The molecule has 0 aliphatic carbocycles. The highest BCUT2D eigenvalue weighted by Crippen LogP contribution is 2.11. The molecule has 1 heterocycles. The van der Waals surface area contributed by atoms with Gasteiger partial charge in [-0.25, -0.2) is 4.79 Å². The lowest BCUT2D eigenvalue weighted by atomic mass is 10.1. The molecule has 0 spiro atoms. The molecule has 0 bridgehead atoms. The van der Waals surface area contributed by atoms with E-state index in [2.05, 4.69) is 5.32 Å². The molecule has 0 unspecified atom stereocenters. The standard InChI is InChI=1S/C12H14N2O3/c1-8-4-2-3-5-10(8)11(15)13-9-6-14(7-9)12(16)17/h2-5,9H,6-7H2,1H3,(H,13,15)(H,16,17). The fourth-order valence-electron chi connectivity index (χ4n) is 1.82. The van der Waals surface area contributed by atoms with Gasteiger partial charge in [-0.3, -0.25) is 4.79 Å². The van der Waals surface area contributed by atoms with Gasteiger partial charge in [-0.2, -0.15) is 0 Å². The maximum atomic E-state index is 11.9. The molecule has 1 aliphatic rings. The van der Waals surface area contributed by atoms with Crippen LogP contribution >= 0.6 is 0 Å². The second-order valence-corrected chi connectivity index (χ2v) is 4.17. The van der Waals surface area contributed by atoms with Gasteiger partial charge in [-0.1, -0.05) is 18.2 Å². The molecule has 90 valence electrons. The van der Waals surface area contributed by atoms with Crippen molar-refractivity contribution < 1.29 is 14.7 Å². The van der Waals surface area contributed by atoms with Crippen LogP contribution in [0.5, 0.6) is 0 Å². The number of benzene rings is 1. The molecule has 0 saturated carbocycles. The molecule has 1 saturated heterocycles. The minimum Gasteiger partial charge on any atom is -0.465 e. The van der Waals surface area contributed by atoms with Crippen LogP contribution in [-0.2, 0) is 0 Å². The predicted octanol–water partition coefficient (Wildman–Crippen LogP) is 1.09. The fraction of sp³-hybridized carbons (Fsp3) is 0.333. The number of likely N-dealkylation sites (tertiary alicyclic amines) is 1. The number of aryl methyl sites for hydroxylation is 1. The first-order valence-electron chi connectivity index (χ1n) is 5.42.